The number of rotatable bonds is 4. The van der Waals surface area contributed by atoms with Crippen LogP contribution in [-0.2, 0) is 13.5 Å². The van der Waals surface area contributed by atoms with Gasteiger partial charge in [0, 0.05) is 23.5 Å². The minimum atomic E-state index is 0.159. The first-order chi connectivity index (χ1) is 8.95. The molecule has 0 fully saturated rings. The number of hydrogen-bond donors (Lipinski definition) is 1. The third-order valence-electron chi connectivity index (χ3n) is 3.27. The van der Waals surface area contributed by atoms with E-state index in [4.69, 9.17) is 23.2 Å². The second kappa shape index (κ2) is 5.83. The number of nitrogens with one attached hydrogen (secondary N) is 1. The predicted molar refractivity (Wildman–Crippen MR) is 82.5 cm³/mol. The summed E-state index contributed by atoms with van der Waals surface area (Å²) in [6.07, 6.45) is 0.786. The monoisotopic (exact) mass is 317 g/mol. The minimum Gasteiger partial charge on any atom is -0.312 e. The highest BCUT2D eigenvalue weighted by Crippen LogP contribution is 2.35. The van der Waals surface area contributed by atoms with Gasteiger partial charge in [0.05, 0.1) is 10.7 Å². The Bertz CT molecular complexity index is 589. The zero-order valence-corrected chi connectivity index (χ0v) is 13.7. The molecule has 0 saturated heterocycles. The number of halogens is 2. The molecule has 0 aliphatic rings. The lowest BCUT2D eigenvalue weighted by Gasteiger charge is -2.15. The molecule has 2 aromatic rings. The van der Waals surface area contributed by atoms with Crippen molar-refractivity contribution < 1.29 is 0 Å². The molecule has 3 nitrogen and oxygen atoms in total. The van der Waals surface area contributed by atoms with E-state index in [2.05, 4.69) is 15.8 Å². The Morgan fingerprint density at radius 1 is 1.42 bits per heavy atom. The quantitative estimate of drug-likeness (QED) is 0.926. The molecule has 0 aliphatic heterocycles. The smallest absolute Gasteiger partial charge is 0.130 e. The van der Waals surface area contributed by atoms with E-state index in [1.165, 1.54) is 0 Å². The molecule has 1 N–H and O–H groups in total. The highest BCUT2D eigenvalue weighted by molar-refractivity contribution is 7.10. The van der Waals surface area contributed by atoms with Gasteiger partial charge in [0.15, 0.2) is 0 Å². The van der Waals surface area contributed by atoms with Crippen molar-refractivity contribution in [2.75, 3.05) is 7.05 Å². The molecule has 0 bridgehead atoms. The number of nitrogens with zero attached hydrogens (tertiary/aromatic N) is 2. The molecule has 2 heterocycles. The third-order valence-corrected chi connectivity index (χ3v) is 5.57. The van der Waals surface area contributed by atoms with E-state index in [9.17, 15) is 0 Å². The normalized spacial score (nSPS) is 12.9. The number of aromatic nitrogens is 2. The maximum Gasteiger partial charge on any atom is 0.130 e. The van der Waals surface area contributed by atoms with Crippen molar-refractivity contribution in [3.63, 3.8) is 0 Å². The molecule has 19 heavy (non-hydrogen) atoms. The number of hydrogen-bond acceptors (Lipinski definition) is 3. The summed E-state index contributed by atoms with van der Waals surface area (Å²) >= 11 is 14.3. The molecule has 1 atom stereocenters. The standard InChI is InChI=1S/C13H17Cl2N3S/c1-7-6-19-12(11(7)14)10(16-3)5-9-8(2)17-18(4)13(9)15/h6,10,16H,5H2,1-4H3. The summed E-state index contributed by atoms with van der Waals surface area (Å²) in [6.45, 7) is 4.01. The van der Waals surface area contributed by atoms with Gasteiger partial charge in [0.2, 0.25) is 0 Å². The van der Waals surface area contributed by atoms with Gasteiger partial charge >= 0.3 is 0 Å². The summed E-state index contributed by atoms with van der Waals surface area (Å²) in [6, 6.07) is 0.159. The van der Waals surface area contributed by atoms with E-state index >= 15 is 0 Å². The molecule has 0 amide bonds. The van der Waals surface area contributed by atoms with Crippen molar-refractivity contribution in [3.05, 3.63) is 37.3 Å². The molecule has 0 spiro atoms. The summed E-state index contributed by atoms with van der Waals surface area (Å²) in [5.74, 6) is 0. The molecule has 2 aromatic heterocycles. The summed E-state index contributed by atoms with van der Waals surface area (Å²) in [5, 5.41) is 11.3. The Labute approximate surface area is 127 Å². The molecule has 6 heteroatoms. The fourth-order valence-electron chi connectivity index (χ4n) is 2.12. The topological polar surface area (TPSA) is 29.9 Å². The minimum absolute atomic E-state index is 0.159. The van der Waals surface area contributed by atoms with Crippen LogP contribution >= 0.6 is 34.5 Å². The van der Waals surface area contributed by atoms with Crippen LogP contribution in [0.4, 0.5) is 0 Å². The highest BCUT2D eigenvalue weighted by atomic mass is 35.5. The van der Waals surface area contributed by atoms with Crippen LogP contribution < -0.4 is 5.32 Å². The molecule has 0 aliphatic carbocycles. The van der Waals surface area contributed by atoms with Crippen molar-refractivity contribution in [2.45, 2.75) is 26.3 Å². The van der Waals surface area contributed by atoms with E-state index < -0.39 is 0 Å². The van der Waals surface area contributed by atoms with Crippen molar-refractivity contribution >= 4 is 34.5 Å². The zero-order valence-electron chi connectivity index (χ0n) is 11.4. The summed E-state index contributed by atoms with van der Waals surface area (Å²) in [5.41, 5.74) is 3.17. The Kier molecular flexibility index (Phi) is 4.56. The SMILES string of the molecule is CNC(Cc1c(C)nn(C)c1Cl)c1scc(C)c1Cl. The third kappa shape index (κ3) is 2.82. The van der Waals surface area contributed by atoms with Crippen LogP contribution in [0.5, 0.6) is 0 Å². The van der Waals surface area contributed by atoms with Gasteiger partial charge < -0.3 is 5.32 Å². The fourth-order valence-corrected chi connectivity index (χ4v) is 3.81. The van der Waals surface area contributed by atoms with Crippen LogP contribution in [0.15, 0.2) is 5.38 Å². The van der Waals surface area contributed by atoms with Crippen LogP contribution in [0.3, 0.4) is 0 Å². The van der Waals surface area contributed by atoms with Gasteiger partial charge in [-0.1, -0.05) is 23.2 Å². The van der Waals surface area contributed by atoms with Crippen LogP contribution in [0, 0.1) is 13.8 Å². The average Bonchev–Trinajstić information content (AvgIpc) is 2.81. The Hall–Kier alpha value is -0.550. The molecular weight excluding hydrogens is 301 g/mol. The van der Waals surface area contributed by atoms with E-state index in [0.29, 0.717) is 5.15 Å². The second-order valence-electron chi connectivity index (χ2n) is 4.62. The molecule has 104 valence electrons. The molecular formula is C13H17Cl2N3S. The van der Waals surface area contributed by atoms with Crippen molar-refractivity contribution in [2.24, 2.45) is 7.05 Å². The fraction of sp³-hybridized carbons (Fsp3) is 0.462. The maximum absolute atomic E-state index is 6.35. The average molecular weight is 318 g/mol. The van der Waals surface area contributed by atoms with Crippen LogP contribution in [0.25, 0.3) is 0 Å². The van der Waals surface area contributed by atoms with Crippen molar-refractivity contribution in [3.8, 4) is 0 Å². The van der Waals surface area contributed by atoms with Crippen molar-refractivity contribution in [1.29, 1.82) is 0 Å². The first-order valence-corrected chi connectivity index (χ1v) is 7.68. The van der Waals surface area contributed by atoms with Gasteiger partial charge in [-0.2, -0.15) is 5.10 Å². The lowest BCUT2D eigenvalue weighted by molar-refractivity contribution is 0.600. The molecule has 0 saturated carbocycles. The van der Waals surface area contributed by atoms with Crippen LogP contribution in [0.2, 0.25) is 10.2 Å². The summed E-state index contributed by atoms with van der Waals surface area (Å²) in [7, 11) is 3.80. The van der Waals surface area contributed by atoms with Gasteiger partial charge in [0.1, 0.15) is 5.15 Å². The second-order valence-corrected chi connectivity index (χ2v) is 6.27. The number of likely N-dealkylation sites (N-methyl/N-ethyl adjacent to an activating group) is 1. The van der Waals surface area contributed by atoms with Gasteiger partial charge in [-0.25, -0.2) is 0 Å². The maximum atomic E-state index is 6.35. The Morgan fingerprint density at radius 2 is 2.11 bits per heavy atom. The highest BCUT2D eigenvalue weighted by Gasteiger charge is 2.21. The summed E-state index contributed by atoms with van der Waals surface area (Å²) < 4.78 is 1.71. The largest absolute Gasteiger partial charge is 0.312 e. The Balaban J connectivity index is 2.32. The van der Waals surface area contributed by atoms with Gasteiger partial charge in [-0.15, -0.1) is 11.3 Å². The van der Waals surface area contributed by atoms with E-state index in [-0.39, 0.29) is 6.04 Å². The zero-order chi connectivity index (χ0) is 14.2. The summed E-state index contributed by atoms with van der Waals surface area (Å²) in [4.78, 5) is 1.15. The Morgan fingerprint density at radius 3 is 2.53 bits per heavy atom. The van der Waals surface area contributed by atoms with E-state index in [1.54, 1.807) is 16.0 Å². The first-order valence-electron chi connectivity index (χ1n) is 6.04. The molecule has 0 radical (unpaired) electrons. The lowest BCUT2D eigenvalue weighted by atomic mass is 10.1. The molecule has 2 rings (SSSR count). The van der Waals surface area contributed by atoms with Gasteiger partial charge in [0.25, 0.3) is 0 Å². The molecule has 1 unspecified atom stereocenters. The van der Waals surface area contributed by atoms with Crippen LogP contribution in [0.1, 0.15) is 27.7 Å². The first kappa shape index (κ1) is 14.9. The van der Waals surface area contributed by atoms with Crippen molar-refractivity contribution in [1.82, 2.24) is 15.1 Å². The van der Waals surface area contributed by atoms with Gasteiger partial charge in [-0.05, 0) is 38.3 Å². The van der Waals surface area contributed by atoms with E-state index in [1.807, 2.05) is 27.9 Å². The number of thiophene rings is 1. The molecule has 0 aromatic carbocycles. The number of aryl methyl sites for hydroxylation is 3. The van der Waals surface area contributed by atoms with Gasteiger partial charge in [-0.3, -0.25) is 4.68 Å². The lowest BCUT2D eigenvalue weighted by Crippen LogP contribution is -2.18. The van der Waals surface area contributed by atoms with E-state index in [0.717, 1.165) is 33.1 Å². The van der Waals surface area contributed by atoms with Crippen LogP contribution in [-0.4, -0.2) is 16.8 Å². The predicted octanol–water partition coefficient (Wildman–Crippen LogP) is 3.91.